The molecule has 0 unspecified atom stereocenters. The Hall–Kier alpha value is -1.70. The minimum Gasteiger partial charge on any atom is -0.351 e. The first-order valence-corrected chi connectivity index (χ1v) is 10.6. The molecule has 1 aliphatic rings. The number of carbonyl (C=O) groups excluding carboxylic acids is 1. The van der Waals surface area contributed by atoms with Gasteiger partial charge in [-0.05, 0) is 36.5 Å². The Balaban J connectivity index is 1.65. The van der Waals surface area contributed by atoms with E-state index in [-0.39, 0.29) is 5.91 Å². The summed E-state index contributed by atoms with van der Waals surface area (Å²) in [6.45, 7) is 2.90. The number of rotatable bonds is 5. The van der Waals surface area contributed by atoms with Gasteiger partial charge in [0.15, 0.2) is 0 Å². The highest BCUT2D eigenvalue weighted by Crippen LogP contribution is 2.32. The van der Waals surface area contributed by atoms with E-state index in [0.717, 1.165) is 17.7 Å². The van der Waals surface area contributed by atoms with E-state index in [9.17, 15) is 13.2 Å². The molecule has 1 aromatic carbocycles. The van der Waals surface area contributed by atoms with Crippen LogP contribution in [0, 0.1) is 0 Å². The molecule has 1 amide bonds. The van der Waals surface area contributed by atoms with E-state index in [1.54, 1.807) is 16.4 Å². The van der Waals surface area contributed by atoms with Gasteiger partial charge in [0.2, 0.25) is 5.91 Å². The first-order chi connectivity index (χ1) is 12.0. The van der Waals surface area contributed by atoms with Crippen LogP contribution in [-0.4, -0.2) is 31.7 Å². The van der Waals surface area contributed by atoms with Gasteiger partial charge in [0.1, 0.15) is 4.21 Å². The summed E-state index contributed by atoms with van der Waals surface area (Å²) in [4.78, 5) is 11.8. The number of nitrogens with one attached hydrogen (secondary N) is 1. The highest BCUT2D eigenvalue weighted by atomic mass is 32.2. The monoisotopic (exact) mass is 378 g/mol. The van der Waals surface area contributed by atoms with Crippen molar-refractivity contribution < 1.29 is 13.2 Å². The fourth-order valence-electron chi connectivity index (χ4n) is 3.09. The quantitative estimate of drug-likeness (QED) is 0.870. The molecule has 3 rings (SSSR count). The maximum atomic E-state index is 12.8. The molecule has 1 saturated heterocycles. The number of hydrogen-bond acceptors (Lipinski definition) is 4. The topological polar surface area (TPSA) is 66.5 Å². The zero-order valence-corrected chi connectivity index (χ0v) is 15.8. The van der Waals surface area contributed by atoms with Crippen LogP contribution >= 0.6 is 11.3 Å². The molecule has 5 nitrogen and oxygen atoms in total. The molecule has 0 radical (unpaired) electrons. The van der Waals surface area contributed by atoms with Crippen molar-refractivity contribution in [2.45, 2.75) is 36.4 Å². The van der Waals surface area contributed by atoms with Crippen molar-refractivity contribution in [3.8, 4) is 0 Å². The average molecular weight is 379 g/mol. The highest BCUT2D eigenvalue weighted by molar-refractivity contribution is 7.91. The van der Waals surface area contributed by atoms with Gasteiger partial charge in [-0.25, -0.2) is 8.42 Å². The smallest absolute Gasteiger partial charge is 0.252 e. The number of thiophene rings is 1. The lowest BCUT2D eigenvalue weighted by molar-refractivity contribution is -0.119. The van der Waals surface area contributed by atoms with Gasteiger partial charge >= 0.3 is 0 Å². The Morgan fingerprint density at radius 2 is 1.84 bits per heavy atom. The van der Waals surface area contributed by atoms with Crippen LogP contribution < -0.4 is 5.32 Å². The predicted molar refractivity (Wildman–Crippen MR) is 99.0 cm³/mol. The van der Waals surface area contributed by atoms with Gasteiger partial charge in [0, 0.05) is 24.9 Å². The van der Waals surface area contributed by atoms with E-state index >= 15 is 0 Å². The van der Waals surface area contributed by atoms with Crippen molar-refractivity contribution in [3.63, 3.8) is 0 Å². The number of benzene rings is 1. The summed E-state index contributed by atoms with van der Waals surface area (Å²) in [5.74, 6) is 0.298. The maximum absolute atomic E-state index is 12.8. The Morgan fingerprint density at radius 3 is 2.48 bits per heavy atom. The van der Waals surface area contributed by atoms with Gasteiger partial charge < -0.3 is 5.32 Å². The van der Waals surface area contributed by atoms with Gasteiger partial charge in [-0.2, -0.15) is 4.31 Å². The van der Waals surface area contributed by atoms with Crippen LogP contribution in [0.4, 0.5) is 0 Å². The summed E-state index contributed by atoms with van der Waals surface area (Å²) in [6, 6.07) is 13.7. The SMILES string of the molecule is CC(=O)NCc1ccc(S(=O)(=O)N2CCC(c3ccccc3)CC2)s1. The van der Waals surface area contributed by atoms with Crippen molar-refractivity contribution in [3.05, 3.63) is 52.9 Å². The summed E-state index contributed by atoms with van der Waals surface area (Å²) in [5, 5.41) is 2.69. The average Bonchev–Trinajstić information content (AvgIpc) is 3.11. The molecule has 2 heterocycles. The number of piperidine rings is 1. The lowest BCUT2D eigenvalue weighted by Crippen LogP contribution is -2.37. The number of carbonyl (C=O) groups is 1. The highest BCUT2D eigenvalue weighted by Gasteiger charge is 2.30. The number of amides is 1. The van der Waals surface area contributed by atoms with Crippen LogP contribution in [0.1, 0.15) is 36.1 Å². The minimum absolute atomic E-state index is 0.124. The Morgan fingerprint density at radius 1 is 1.16 bits per heavy atom. The molecule has 0 spiro atoms. The third kappa shape index (κ3) is 4.29. The third-order valence-corrected chi connectivity index (χ3v) is 7.92. The largest absolute Gasteiger partial charge is 0.351 e. The van der Waals surface area contributed by atoms with Crippen LogP contribution in [0.2, 0.25) is 0 Å². The van der Waals surface area contributed by atoms with Gasteiger partial charge in [0.05, 0.1) is 6.54 Å². The second kappa shape index (κ2) is 7.68. The third-order valence-electron chi connectivity index (χ3n) is 4.47. The fraction of sp³-hybridized carbons (Fsp3) is 0.389. The summed E-state index contributed by atoms with van der Waals surface area (Å²) in [5.41, 5.74) is 1.29. The van der Waals surface area contributed by atoms with Crippen LogP contribution in [-0.2, 0) is 21.4 Å². The van der Waals surface area contributed by atoms with Gasteiger partial charge in [-0.15, -0.1) is 11.3 Å². The second-order valence-electron chi connectivity index (χ2n) is 6.22. The summed E-state index contributed by atoms with van der Waals surface area (Å²) in [6.07, 6.45) is 1.68. The molecule has 1 N–H and O–H groups in total. The van der Waals surface area contributed by atoms with Gasteiger partial charge in [-0.1, -0.05) is 30.3 Å². The zero-order valence-electron chi connectivity index (χ0n) is 14.1. The van der Waals surface area contributed by atoms with E-state index in [0.29, 0.717) is 29.8 Å². The molecule has 0 aliphatic carbocycles. The number of nitrogens with zero attached hydrogens (tertiary/aromatic N) is 1. The van der Waals surface area contributed by atoms with E-state index < -0.39 is 10.0 Å². The Labute approximate surface area is 152 Å². The Kier molecular flexibility index (Phi) is 5.56. The van der Waals surface area contributed by atoms with Crippen LogP contribution in [0.25, 0.3) is 0 Å². The lowest BCUT2D eigenvalue weighted by Gasteiger charge is -2.31. The van der Waals surface area contributed by atoms with E-state index in [1.807, 2.05) is 18.2 Å². The maximum Gasteiger partial charge on any atom is 0.252 e. The summed E-state index contributed by atoms with van der Waals surface area (Å²) >= 11 is 1.23. The standard InChI is InChI=1S/C18H22N2O3S2/c1-14(21)19-13-17-7-8-18(24-17)25(22,23)20-11-9-16(10-12-20)15-5-3-2-4-6-15/h2-8,16H,9-13H2,1H3,(H,19,21). The number of hydrogen-bond donors (Lipinski definition) is 1. The van der Waals surface area contributed by atoms with Crippen molar-refractivity contribution >= 4 is 27.3 Å². The van der Waals surface area contributed by atoms with E-state index in [4.69, 9.17) is 0 Å². The molecule has 0 bridgehead atoms. The first-order valence-electron chi connectivity index (χ1n) is 8.35. The molecule has 1 aromatic heterocycles. The van der Waals surface area contributed by atoms with Crippen LogP contribution in [0.5, 0.6) is 0 Å². The van der Waals surface area contributed by atoms with Crippen molar-refractivity contribution in [1.82, 2.24) is 9.62 Å². The molecular formula is C18H22N2O3S2. The van der Waals surface area contributed by atoms with E-state index in [1.165, 1.54) is 23.8 Å². The number of sulfonamides is 1. The molecule has 7 heteroatoms. The molecular weight excluding hydrogens is 356 g/mol. The van der Waals surface area contributed by atoms with Crippen LogP contribution in [0.15, 0.2) is 46.7 Å². The van der Waals surface area contributed by atoms with E-state index in [2.05, 4.69) is 17.4 Å². The first kappa shape index (κ1) is 18.1. The summed E-state index contributed by atoms with van der Waals surface area (Å²) < 4.78 is 27.6. The predicted octanol–water partition coefficient (Wildman–Crippen LogP) is 2.95. The molecule has 134 valence electrons. The van der Waals surface area contributed by atoms with Crippen LogP contribution in [0.3, 0.4) is 0 Å². The van der Waals surface area contributed by atoms with Gasteiger partial charge in [-0.3, -0.25) is 4.79 Å². The zero-order chi connectivity index (χ0) is 17.9. The fourth-order valence-corrected chi connectivity index (χ4v) is 6.00. The van der Waals surface area contributed by atoms with Gasteiger partial charge in [0.25, 0.3) is 10.0 Å². The molecule has 1 aliphatic heterocycles. The molecule has 1 fully saturated rings. The lowest BCUT2D eigenvalue weighted by atomic mass is 9.90. The normalized spacial score (nSPS) is 16.7. The molecule has 0 atom stereocenters. The van der Waals surface area contributed by atoms with Crippen molar-refractivity contribution in [2.75, 3.05) is 13.1 Å². The second-order valence-corrected chi connectivity index (χ2v) is 9.55. The molecule has 0 saturated carbocycles. The molecule has 2 aromatic rings. The van der Waals surface area contributed by atoms with Crippen molar-refractivity contribution in [1.29, 1.82) is 0 Å². The molecule has 25 heavy (non-hydrogen) atoms. The Bertz CT molecular complexity index is 823. The minimum atomic E-state index is -3.45. The summed E-state index contributed by atoms with van der Waals surface area (Å²) in [7, 11) is -3.45. The van der Waals surface area contributed by atoms with Crippen molar-refractivity contribution in [2.24, 2.45) is 0 Å².